The lowest BCUT2D eigenvalue weighted by atomic mass is 9.85. The number of methoxy groups -OCH3 is 1. The van der Waals surface area contributed by atoms with Crippen LogP contribution in [0.5, 0.6) is 5.75 Å². The number of carbonyl (C=O) groups excluding carboxylic acids is 2. The van der Waals surface area contributed by atoms with E-state index in [1.807, 2.05) is 24.3 Å². The number of fused-ring (bicyclic) bond motifs is 3. The number of nitrogens with zero attached hydrogens (tertiary/aromatic N) is 4. The van der Waals surface area contributed by atoms with E-state index in [4.69, 9.17) is 4.74 Å². The number of hydrogen-bond donors (Lipinski definition) is 2. The number of carbonyl (C=O) groups is 2. The molecule has 2 amide bonds. The van der Waals surface area contributed by atoms with Gasteiger partial charge in [-0.25, -0.2) is 4.72 Å². The molecule has 2 N–H and O–H groups in total. The number of piperidine rings is 1. The first-order valence-corrected chi connectivity index (χ1v) is 21.2. The molecule has 12 heteroatoms. The van der Waals surface area contributed by atoms with E-state index < -0.39 is 21.5 Å². The van der Waals surface area contributed by atoms with E-state index in [-0.39, 0.29) is 29.5 Å². The highest BCUT2D eigenvalue weighted by molar-refractivity contribution is 7.87. The van der Waals surface area contributed by atoms with Gasteiger partial charge in [0.15, 0.2) is 0 Å². The van der Waals surface area contributed by atoms with Crippen molar-refractivity contribution in [2.75, 3.05) is 48.4 Å². The van der Waals surface area contributed by atoms with Crippen molar-refractivity contribution in [3.8, 4) is 17.0 Å². The number of nitrogens with one attached hydrogen (secondary N) is 2. The predicted molar refractivity (Wildman–Crippen MR) is 218 cm³/mol. The largest absolute Gasteiger partial charge is 0.497 e. The molecule has 54 heavy (non-hydrogen) atoms. The number of ether oxygens (including phenoxy) is 1. The van der Waals surface area contributed by atoms with Crippen molar-refractivity contribution in [2.24, 2.45) is 5.41 Å². The highest BCUT2D eigenvalue weighted by atomic mass is 32.2. The number of benzene rings is 2. The van der Waals surface area contributed by atoms with Crippen LogP contribution in [0.25, 0.3) is 22.2 Å². The molecule has 2 saturated heterocycles. The minimum absolute atomic E-state index is 0.159. The third kappa shape index (κ3) is 8.82. The summed E-state index contributed by atoms with van der Waals surface area (Å²) in [4.78, 5) is 32.8. The van der Waals surface area contributed by atoms with E-state index in [1.54, 1.807) is 13.2 Å². The normalized spacial score (nSPS) is 19.1. The SMILES string of the molecule is CCCC(CCC)c1c(-c2ccc(OC)cc2C)n(CC(C)(C)C(=O)N2C3CCC2CC(NCCN(C)C)C3)c2cc(C(=O)NS(=O)(=O)N(C)C)ccc12. The fourth-order valence-electron chi connectivity index (χ4n) is 8.79. The van der Waals surface area contributed by atoms with Crippen LogP contribution in [0, 0.1) is 12.3 Å². The van der Waals surface area contributed by atoms with Gasteiger partial charge in [0.2, 0.25) is 5.91 Å². The van der Waals surface area contributed by atoms with Gasteiger partial charge in [0.05, 0.1) is 18.2 Å². The monoisotopic (exact) mass is 764 g/mol. The molecule has 2 fully saturated rings. The zero-order valence-electron chi connectivity index (χ0n) is 34.3. The molecular formula is C42H64N6O5S. The molecule has 2 unspecified atom stereocenters. The minimum atomic E-state index is -4.01. The van der Waals surface area contributed by atoms with Crippen molar-refractivity contribution in [1.82, 2.24) is 28.7 Å². The van der Waals surface area contributed by atoms with Crippen molar-refractivity contribution >= 4 is 32.9 Å². The van der Waals surface area contributed by atoms with Crippen LogP contribution in [0.4, 0.5) is 0 Å². The maximum Gasteiger partial charge on any atom is 0.303 e. The fourth-order valence-corrected chi connectivity index (χ4v) is 9.33. The quantitative estimate of drug-likeness (QED) is 0.160. The fraction of sp³-hybridized carbons (Fsp3) is 0.619. The maximum atomic E-state index is 14.9. The predicted octanol–water partition coefficient (Wildman–Crippen LogP) is 6.54. The molecule has 298 valence electrons. The molecule has 0 aliphatic carbocycles. The van der Waals surface area contributed by atoms with Gasteiger partial charge in [-0.15, -0.1) is 0 Å². The van der Waals surface area contributed by atoms with Crippen molar-refractivity contribution in [3.05, 3.63) is 53.1 Å². The van der Waals surface area contributed by atoms with Crippen LogP contribution in [-0.4, -0.2) is 105 Å². The third-order valence-corrected chi connectivity index (χ3v) is 12.9. The molecule has 2 bridgehead atoms. The van der Waals surface area contributed by atoms with E-state index >= 15 is 0 Å². The van der Waals surface area contributed by atoms with Gasteiger partial charge < -0.3 is 24.4 Å². The van der Waals surface area contributed by atoms with Crippen molar-refractivity contribution in [3.63, 3.8) is 0 Å². The van der Waals surface area contributed by atoms with Gasteiger partial charge >= 0.3 is 10.2 Å². The molecule has 11 nitrogen and oxygen atoms in total. The second-order valence-corrected chi connectivity index (χ2v) is 18.5. The molecule has 2 aromatic carbocycles. The van der Waals surface area contributed by atoms with Crippen LogP contribution in [0.3, 0.4) is 0 Å². The van der Waals surface area contributed by atoms with Crippen LogP contribution >= 0.6 is 0 Å². The van der Waals surface area contributed by atoms with Gasteiger partial charge in [-0.2, -0.15) is 12.7 Å². The van der Waals surface area contributed by atoms with Crippen molar-refractivity contribution < 1.29 is 22.7 Å². The van der Waals surface area contributed by atoms with Gasteiger partial charge in [-0.05, 0) is 121 Å². The maximum absolute atomic E-state index is 14.9. The molecule has 0 saturated carbocycles. The molecule has 0 radical (unpaired) electrons. The second-order valence-electron chi connectivity index (χ2n) is 16.7. The Balaban J connectivity index is 1.65. The number of aromatic nitrogens is 1. The third-order valence-electron chi connectivity index (χ3n) is 11.5. The molecule has 1 aromatic heterocycles. The Morgan fingerprint density at radius 2 is 1.63 bits per heavy atom. The van der Waals surface area contributed by atoms with Crippen molar-refractivity contribution in [1.29, 1.82) is 0 Å². The lowest BCUT2D eigenvalue weighted by molar-refractivity contribution is -0.146. The number of aryl methyl sites for hydroxylation is 1. The summed E-state index contributed by atoms with van der Waals surface area (Å²) >= 11 is 0. The van der Waals surface area contributed by atoms with E-state index in [0.29, 0.717) is 12.6 Å². The van der Waals surface area contributed by atoms with Gasteiger partial charge in [0.1, 0.15) is 5.75 Å². The Bertz CT molecular complexity index is 1900. The smallest absolute Gasteiger partial charge is 0.303 e. The highest BCUT2D eigenvalue weighted by Crippen LogP contribution is 2.46. The zero-order chi connectivity index (χ0) is 39.5. The molecule has 3 aromatic rings. The van der Waals surface area contributed by atoms with Crippen molar-refractivity contribution in [2.45, 2.75) is 117 Å². The second kappa shape index (κ2) is 17.1. The summed E-state index contributed by atoms with van der Waals surface area (Å²) in [5, 5.41) is 4.77. The molecule has 2 aliphatic rings. The Kier molecular flexibility index (Phi) is 13.2. The van der Waals surface area contributed by atoms with E-state index in [9.17, 15) is 18.0 Å². The average Bonchev–Trinajstić information content (AvgIpc) is 3.56. The lowest BCUT2D eigenvalue weighted by Crippen LogP contribution is -2.55. The number of likely N-dealkylation sites (N-methyl/N-ethyl adjacent to an activating group) is 1. The summed E-state index contributed by atoms with van der Waals surface area (Å²) in [7, 11) is 4.61. The Labute approximate surface area is 324 Å². The van der Waals surface area contributed by atoms with E-state index in [1.165, 1.54) is 19.7 Å². The molecule has 2 aliphatic heterocycles. The summed E-state index contributed by atoms with van der Waals surface area (Å²) in [5.41, 5.74) is 4.62. The first-order chi connectivity index (χ1) is 25.5. The molecule has 2 atom stereocenters. The Morgan fingerprint density at radius 1 is 0.981 bits per heavy atom. The Morgan fingerprint density at radius 3 is 2.19 bits per heavy atom. The van der Waals surface area contributed by atoms with Crippen LogP contribution in [0.15, 0.2) is 36.4 Å². The summed E-state index contributed by atoms with van der Waals surface area (Å²) in [5.74, 6) is 0.468. The summed E-state index contributed by atoms with van der Waals surface area (Å²) in [6.45, 7) is 12.9. The van der Waals surface area contributed by atoms with Crippen LogP contribution in [0.2, 0.25) is 0 Å². The average molecular weight is 765 g/mol. The lowest BCUT2D eigenvalue weighted by Gasteiger charge is -2.43. The summed E-state index contributed by atoms with van der Waals surface area (Å²) in [6.07, 6.45) is 7.96. The van der Waals surface area contributed by atoms with E-state index in [2.05, 4.69) is 79.2 Å². The summed E-state index contributed by atoms with van der Waals surface area (Å²) < 4.78 is 36.5. The highest BCUT2D eigenvalue weighted by Gasteiger charge is 2.47. The number of amides is 2. The topological polar surface area (TPSA) is 116 Å². The number of hydrogen-bond acceptors (Lipinski definition) is 7. The summed E-state index contributed by atoms with van der Waals surface area (Å²) in [6, 6.07) is 12.5. The molecule has 3 heterocycles. The first-order valence-electron chi connectivity index (χ1n) is 19.8. The molecule has 0 spiro atoms. The number of rotatable bonds is 17. The van der Waals surface area contributed by atoms with Gasteiger partial charge in [0.25, 0.3) is 5.91 Å². The Hall–Kier alpha value is -3.45. The standard InChI is InChI=1S/C42H64N6O5S/c1-11-13-29(14-12-2)38-36-19-15-30(40(49)44-54(51,52)46(8)9)24-37(36)47(39(38)35-20-18-34(53-10)23-28(35)3)27-42(4,5)41(50)48-32-16-17-33(48)26-31(25-32)43-21-22-45(6)7/h15,18-20,23-24,29,31-33,43H,11-14,16-17,21-22,25-27H2,1-10H3,(H,44,49). The zero-order valence-corrected chi connectivity index (χ0v) is 35.1. The van der Waals surface area contributed by atoms with Gasteiger partial charge in [0, 0.05) is 73.9 Å². The van der Waals surface area contributed by atoms with Gasteiger partial charge in [-0.3, -0.25) is 9.59 Å². The van der Waals surface area contributed by atoms with Gasteiger partial charge in [-0.1, -0.05) is 32.8 Å². The minimum Gasteiger partial charge on any atom is -0.497 e. The van der Waals surface area contributed by atoms with E-state index in [0.717, 1.165) is 102 Å². The molecular weight excluding hydrogens is 701 g/mol. The first kappa shape index (κ1) is 41.7. The van der Waals surface area contributed by atoms with Crippen LogP contribution in [0.1, 0.15) is 106 Å². The van der Waals surface area contributed by atoms with Crippen LogP contribution < -0.4 is 14.8 Å². The van der Waals surface area contributed by atoms with Crippen LogP contribution in [-0.2, 0) is 21.5 Å². The molecule has 5 rings (SSSR count).